The van der Waals surface area contributed by atoms with Gasteiger partial charge in [-0.05, 0) is 19.1 Å². The Morgan fingerprint density at radius 3 is 2.90 bits per heavy atom. The standard InChI is InChI=1S/C14H12N4O3/c1-8-9(4-3-5-11(8)19)14-17-13(18-21-14)10-6-12(20-2)16-7-15-10/h3-7,19H,1-2H3. The van der Waals surface area contributed by atoms with E-state index in [-0.39, 0.29) is 5.75 Å². The summed E-state index contributed by atoms with van der Waals surface area (Å²) in [6.45, 7) is 1.78. The molecular formula is C14H12N4O3. The minimum Gasteiger partial charge on any atom is -0.508 e. The minimum absolute atomic E-state index is 0.177. The molecule has 0 aliphatic heterocycles. The van der Waals surface area contributed by atoms with Crippen molar-refractivity contribution in [3.63, 3.8) is 0 Å². The van der Waals surface area contributed by atoms with E-state index in [1.165, 1.54) is 13.4 Å². The van der Waals surface area contributed by atoms with E-state index < -0.39 is 0 Å². The number of nitrogens with zero attached hydrogens (tertiary/aromatic N) is 4. The molecule has 21 heavy (non-hydrogen) atoms. The van der Waals surface area contributed by atoms with Gasteiger partial charge in [0.2, 0.25) is 11.7 Å². The van der Waals surface area contributed by atoms with Gasteiger partial charge in [-0.15, -0.1) is 0 Å². The second-order valence-electron chi connectivity index (χ2n) is 4.32. The van der Waals surface area contributed by atoms with Gasteiger partial charge < -0.3 is 14.4 Å². The first kappa shape index (κ1) is 13.0. The lowest BCUT2D eigenvalue weighted by atomic mass is 10.1. The topological polar surface area (TPSA) is 94.2 Å². The van der Waals surface area contributed by atoms with Crippen LogP contribution in [-0.2, 0) is 0 Å². The molecular weight excluding hydrogens is 272 g/mol. The van der Waals surface area contributed by atoms with Crippen molar-refractivity contribution in [2.24, 2.45) is 0 Å². The smallest absolute Gasteiger partial charge is 0.258 e. The number of methoxy groups -OCH3 is 1. The Bertz CT molecular complexity index is 785. The largest absolute Gasteiger partial charge is 0.508 e. The molecule has 0 radical (unpaired) electrons. The zero-order chi connectivity index (χ0) is 14.8. The van der Waals surface area contributed by atoms with Crippen molar-refractivity contribution >= 4 is 0 Å². The van der Waals surface area contributed by atoms with Crippen LogP contribution in [0, 0.1) is 6.92 Å². The van der Waals surface area contributed by atoms with Gasteiger partial charge in [0.05, 0.1) is 7.11 Å². The van der Waals surface area contributed by atoms with Crippen molar-refractivity contribution < 1.29 is 14.4 Å². The molecule has 3 aromatic rings. The molecule has 0 atom stereocenters. The second kappa shape index (κ2) is 5.20. The second-order valence-corrected chi connectivity index (χ2v) is 4.32. The van der Waals surface area contributed by atoms with E-state index in [0.29, 0.717) is 34.4 Å². The molecule has 2 aromatic heterocycles. The Hall–Kier alpha value is -2.96. The molecule has 2 heterocycles. The zero-order valence-corrected chi connectivity index (χ0v) is 11.4. The van der Waals surface area contributed by atoms with E-state index >= 15 is 0 Å². The molecule has 3 rings (SSSR count). The fraction of sp³-hybridized carbons (Fsp3) is 0.143. The monoisotopic (exact) mass is 284 g/mol. The van der Waals surface area contributed by atoms with Gasteiger partial charge in [-0.2, -0.15) is 4.98 Å². The highest BCUT2D eigenvalue weighted by atomic mass is 16.5. The normalized spacial score (nSPS) is 10.6. The van der Waals surface area contributed by atoms with Crippen molar-refractivity contribution in [2.45, 2.75) is 6.92 Å². The van der Waals surface area contributed by atoms with Crippen molar-refractivity contribution in [1.29, 1.82) is 0 Å². The fourth-order valence-electron chi connectivity index (χ4n) is 1.87. The number of phenolic OH excluding ortho intramolecular Hbond substituents is 1. The number of ether oxygens (including phenoxy) is 1. The lowest BCUT2D eigenvalue weighted by Gasteiger charge is -2.01. The molecule has 0 saturated heterocycles. The third kappa shape index (κ3) is 2.40. The molecule has 1 N–H and O–H groups in total. The van der Waals surface area contributed by atoms with Gasteiger partial charge in [0.15, 0.2) is 0 Å². The first-order valence-electron chi connectivity index (χ1n) is 6.18. The maximum absolute atomic E-state index is 9.73. The Balaban J connectivity index is 2.01. The van der Waals surface area contributed by atoms with E-state index in [2.05, 4.69) is 20.1 Å². The number of benzene rings is 1. The lowest BCUT2D eigenvalue weighted by molar-refractivity contribution is 0.397. The quantitative estimate of drug-likeness (QED) is 0.787. The highest BCUT2D eigenvalue weighted by molar-refractivity contribution is 5.63. The summed E-state index contributed by atoms with van der Waals surface area (Å²) in [7, 11) is 1.52. The van der Waals surface area contributed by atoms with Gasteiger partial charge in [-0.1, -0.05) is 11.2 Å². The average molecular weight is 284 g/mol. The van der Waals surface area contributed by atoms with E-state index in [9.17, 15) is 5.11 Å². The van der Waals surface area contributed by atoms with E-state index in [0.717, 1.165) is 0 Å². The number of aromatic hydroxyl groups is 1. The molecule has 7 heteroatoms. The average Bonchev–Trinajstić information content (AvgIpc) is 3.00. The summed E-state index contributed by atoms with van der Waals surface area (Å²) >= 11 is 0. The van der Waals surface area contributed by atoms with Crippen molar-refractivity contribution in [3.05, 3.63) is 36.2 Å². The predicted octanol–water partition coefficient (Wildman–Crippen LogP) is 2.22. The van der Waals surface area contributed by atoms with Crippen LogP contribution in [-0.4, -0.2) is 32.3 Å². The number of phenols is 1. The minimum atomic E-state index is 0.177. The van der Waals surface area contributed by atoms with Crippen LogP contribution in [0.2, 0.25) is 0 Å². The number of rotatable bonds is 3. The summed E-state index contributed by atoms with van der Waals surface area (Å²) < 4.78 is 10.3. The predicted molar refractivity (Wildman–Crippen MR) is 73.7 cm³/mol. The Morgan fingerprint density at radius 2 is 2.10 bits per heavy atom. The first-order chi connectivity index (χ1) is 10.2. The maximum atomic E-state index is 9.73. The molecule has 0 fully saturated rings. The van der Waals surface area contributed by atoms with Gasteiger partial charge in [-0.3, -0.25) is 0 Å². The number of hydrogen-bond acceptors (Lipinski definition) is 7. The third-order valence-electron chi connectivity index (χ3n) is 3.04. The van der Waals surface area contributed by atoms with Crippen LogP contribution in [0.15, 0.2) is 35.1 Å². The molecule has 0 unspecified atom stereocenters. The maximum Gasteiger partial charge on any atom is 0.258 e. The van der Waals surface area contributed by atoms with Crippen LogP contribution in [0.25, 0.3) is 23.0 Å². The molecule has 106 valence electrons. The van der Waals surface area contributed by atoms with Crippen molar-refractivity contribution in [2.75, 3.05) is 7.11 Å². The van der Waals surface area contributed by atoms with Gasteiger partial charge in [-0.25, -0.2) is 9.97 Å². The van der Waals surface area contributed by atoms with Gasteiger partial charge >= 0.3 is 0 Å². The van der Waals surface area contributed by atoms with Gasteiger partial charge in [0.1, 0.15) is 17.8 Å². The van der Waals surface area contributed by atoms with Crippen molar-refractivity contribution in [3.8, 4) is 34.6 Å². The van der Waals surface area contributed by atoms with Gasteiger partial charge in [0, 0.05) is 17.2 Å². The van der Waals surface area contributed by atoms with Gasteiger partial charge in [0.25, 0.3) is 5.89 Å². The molecule has 1 aromatic carbocycles. The van der Waals surface area contributed by atoms with E-state index in [1.807, 2.05) is 0 Å². The van der Waals surface area contributed by atoms with E-state index in [4.69, 9.17) is 9.26 Å². The highest BCUT2D eigenvalue weighted by Gasteiger charge is 2.15. The van der Waals surface area contributed by atoms with E-state index in [1.54, 1.807) is 31.2 Å². The summed E-state index contributed by atoms with van der Waals surface area (Å²) in [6.07, 6.45) is 1.36. The van der Waals surface area contributed by atoms with Crippen LogP contribution in [0.3, 0.4) is 0 Å². The first-order valence-corrected chi connectivity index (χ1v) is 6.18. The molecule has 0 saturated carbocycles. The third-order valence-corrected chi connectivity index (χ3v) is 3.04. The molecule has 0 spiro atoms. The Kier molecular flexibility index (Phi) is 3.23. The fourth-order valence-corrected chi connectivity index (χ4v) is 1.87. The Labute approximate surface area is 120 Å². The Morgan fingerprint density at radius 1 is 1.24 bits per heavy atom. The van der Waals surface area contributed by atoms with Crippen LogP contribution in [0.5, 0.6) is 11.6 Å². The lowest BCUT2D eigenvalue weighted by Crippen LogP contribution is -1.92. The summed E-state index contributed by atoms with van der Waals surface area (Å²) in [5.74, 6) is 1.24. The molecule has 0 aliphatic carbocycles. The summed E-state index contributed by atoms with van der Waals surface area (Å²) in [4.78, 5) is 12.3. The molecule has 0 bridgehead atoms. The van der Waals surface area contributed by atoms with Crippen LogP contribution in [0.4, 0.5) is 0 Å². The number of aromatic nitrogens is 4. The highest BCUT2D eigenvalue weighted by Crippen LogP contribution is 2.29. The SMILES string of the molecule is COc1cc(-c2noc(-c3cccc(O)c3C)n2)ncn1. The number of hydrogen-bond donors (Lipinski definition) is 1. The summed E-state index contributed by atoms with van der Waals surface area (Å²) in [6, 6.07) is 6.73. The van der Waals surface area contributed by atoms with Crippen LogP contribution < -0.4 is 4.74 Å². The van der Waals surface area contributed by atoms with Crippen LogP contribution in [0.1, 0.15) is 5.56 Å². The summed E-state index contributed by atoms with van der Waals surface area (Å²) in [5.41, 5.74) is 1.84. The molecule has 7 nitrogen and oxygen atoms in total. The van der Waals surface area contributed by atoms with Crippen molar-refractivity contribution in [1.82, 2.24) is 20.1 Å². The molecule has 0 aliphatic rings. The molecule has 0 amide bonds. The summed E-state index contributed by atoms with van der Waals surface area (Å²) in [5, 5.41) is 13.6. The van der Waals surface area contributed by atoms with Crippen LogP contribution >= 0.6 is 0 Å². The zero-order valence-electron chi connectivity index (χ0n) is 11.4.